The first-order chi connectivity index (χ1) is 8.90. The van der Waals surface area contributed by atoms with E-state index in [2.05, 4.69) is 39.6 Å². The van der Waals surface area contributed by atoms with E-state index in [9.17, 15) is 4.79 Å². The van der Waals surface area contributed by atoms with Crippen molar-refractivity contribution in [2.75, 3.05) is 26.7 Å². The molecule has 0 saturated heterocycles. The van der Waals surface area contributed by atoms with E-state index in [0.29, 0.717) is 11.7 Å². The Balaban J connectivity index is 2.34. The van der Waals surface area contributed by atoms with E-state index in [0.717, 1.165) is 44.9 Å². The van der Waals surface area contributed by atoms with Crippen molar-refractivity contribution >= 4 is 5.78 Å². The van der Waals surface area contributed by atoms with Gasteiger partial charge in [0.2, 0.25) is 0 Å². The number of carbonyl (C=O) groups is 1. The van der Waals surface area contributed by atoms with Crippen LogP contribution in [0.25, 0.3) is 0 Å². The van der Waals surface area contributed by atoms with E-state index in [-0.39, 0.29) is 12.0 Å². The van der Waals surface area contributed by atoms with Gasteiger partial charge < -0.3 is 9.64 Å². The first kappa shape index (κ1) is 16.6. The SMILES string of the molecule is CC(C)OCCN(C)CC1CC(C(C)C)CCC1=O. The van der Waals surface area contributed by atoms with E-state index in [1.165, 1.54) is 0 Å². The zero-order valence-corrected chi connectivity index (χ0v) is 13.3. The lowest BCUT2D eigenvalue weighted by Crippen LogP contribution is -2.37. The zero-order chi connectivity index (χ0) is 14.4. The number of hydrogen-bond acceptors (Lipinski definition) is 3. The van der Waals surface area contributed by atoms with Crippen LogP contribution in [0, 0.1) is 17.8 Å². The van der Waals surface area contributed by atoms with Crippen LogP contribution >= 0.6 is 0 Å². The van der Waals surface area contributed by atoms with Gasteiger partial charge in [-0.05, 0) is 45.6 Å². The van der Waals surface area contributed by atoms with Crippen LogP contribution < -0.4 is 0 Å². The molecule has 0 amide bonds. The third kappa shape index (κ3) is 6.05. The fourth-order valence-corrected chi connectivity index (χ4v) is 2.84. The number of nitrogens with zero attached hydrogens (tertiary/aromatic N) is 1. The molecule has 1 rings (SSSR count). The minimum atomic E-state index is 0.241. The highest BCUT2D eigenvalue weighted by Crippen LogP contribution is 2.31. The fourth-order valence-electron chi connectivity index (χ4n) is 2.84. The summed E-state index contributed by atoms with van der Waals surface area (Å²) in [5, 5.41) is 0. The molecule has 3 nitrogen and oxygen atoms in total. The van der Waals surface area contributed by atoms with Crippen molar-refractivity contribution in [3.05, 3.63) is 0 Å². The summed E-state index contributed by atoms with van der Waals surface area (Å²) in [5.41, 5.74) is 0. The molecular formula is C16H31NO2. The van der Waals surface area contributed by atoms with Crippen LogP contribution in [-0.4, -0.2) is 43.5 Å². The molecule has 0 aromatic heterocycles. The van der Waals surface area contributed by atoms with Gasteiger partial charge in [-0.3, -0.25) is 4.79 Å². The van der Waals surface area contributed by atoms with Crippen molar-refractivity contribution in [1.82, 2.24) is 4.90 Å². The number of rotatable bonds is 7. The maximum Gasteiger partial charge on any atom is 0.137 e. The maximum atomic E-state index is 12.0. The quantitative estimate of drug-likeness (QED) is 0.711. The van der Waals surface area contributed by atoms with Crippen molar-refractivity contribution in [3.8, 4) is 0 Å². The number of ketones is 1. The van der Waals surface area contributed by atoms with Crippen LogP contribution in [0.1, 0.15) is 47.0 Å². The van der Waals surface area contributed by atoms with Crippen LogP contribution in [0.4, 0.5) is 0 Å². The molecule has 1 aliphatic carbocycles. The van der Waals surface area contributed by atoms with E-state index in [1.807, 2.05) is 0 Å². The highest BCUT2D eigenvalue weighted by atomic mass is 16.5. The molecule has 1 saturated carbocycles. The number of hydrogen-bond donors (Lipinski definition) is 0. The van der Waals surface area contributed by atoms with Crippen LogP contribution in [0.15, 0.2) is 0 Å². The molecule has 0 aromatic carbocycles. The van der Waals surface area contributed by atoms with E-state index in [1.54, 1.807) is 0 Å². The Morgan fingerprint density at radius 3 is 2.58 bits per heavy atom. The summed E-state index contributed by atoms with van der Waals surface area (Å²) in [6, 6.07) is 0. The summed E-state index contributed by atoms with van der Waals surface area (Å²) >= 11 is 0. The van der Waals surface area contributed by atoms with Gasteiger partial charge in [0, 0.05) is 25.4 Å². The highest BCUT2D eigenvalue weighted by Gasteiger charge is 2.30. The predicted octanol–water partition coefficient (Wildman–Crippen LogP) is 2.98. The monoisotopic (exact) mass is 269 g/mol. The molecule has 1 aliphatic rings. The number of likely N-dealkylation sites (N-methyl/N-ethyl adjacent to an activating group) is 1. The lowest BCUT2D eigenvalue weighted by molar-refractivity contribution is -0.126. The Morgan fingerprint density at radius 2 is 2.00 bits per heavy atom. The molecule has 2 atom stereocenters. The minimum Gasteiger partial charge on any atom is -0.377 e. The predicted molar refractivity (Wildman–Crippen MR) is 79.3 cm³/mol. The van der Waals surface area contributed by atoms with Crippen molar-refractivity contribution in [3.63, 3.8) is 0 Å². The lowest BCUT2D eigenvalue weighted by atomic mass is 9.75. The van der Waals surface area contributed by atoms with Gasteiger partial charge in [-0.1, -0.05) is 13.8 Å². The standard InChI is InChI=1S/C16H31NO2/c1-12(2)14-6-7-16(18)15(10-14)11-17(5)8-9-19-13(3)4/h12-15H,6-11H2,1-5H3. The van der Waals surface area contributed by atoms with E-state index < -0.39 is 0 Å². The summed E-state index contributed by atoms with van der Waals surface area (Å²) in [6.07, 6.45) is 3.23. The van der Waals surface area contributed by atoms with Crippen LogP contribution in [0.5, 0.6) is 0 Å². The van der Waals surface area contributed by atoms with Gasteiger partial charge in [0.25, 0.3) is 0 Å². The van der Waals surface area contributed by atoms with E-state index in [4.69, 9.17) is 4.74 Å². The number of ether oxygens (including phenoxy) is 1. The molecule has 19 heavy (non-hydrogen) atoms. The van der Waals surface area contributed by atoms with Crippen molar-refractivity contribution in [1.29, 1.82) is 0 Å². The summed E-state index contributed by atoms with van der Waals surface area (Å²) in [4.78, 5) is 14.3. The van der Waals surface area contributed by atoms with Crippen LogP contribution in [0.2, 0.25) is 0 Å². The van der Waals surface area contributed by atoms with E-state index >= 15 is 0 Å². The van der Waals surface area contributed by atoms with Gasteiger partial charge in [-0.2, -0.15) is 0 Å². The molecule has 3 heteroatoms. The van der Waals surface area contributed by atoms with Crippen molar-refractivity contribution in [2.45, 2.75) is 53.1 Å². The topological polar surface area (TPSA) is 29.5 Å². The first-order valence-corrected chi connectivity index (χ1v) is 7.73. The maximum absolute atomic E-state index is 12.0. The third-order valence-electron chi connectivity index (χ3n) is 4.20. The number of carbonyl (C=O) groups excluding carboxylic acids is 1. The van der Waals surface area contributed by atoms with Crippen molar-refractivity contribution < 1.29 is 9.53 Å². The van der Waals surface area contributed by atoms with Crippen molar-refractivity contribution in [2.24, 2.45) is 17.8 Å². The largest absolute Gasteiger partial charge is 0.377 e. The Hall–Kier alpha value is -0.410. The van der Waals surface area contributed by atoms with Gasteiger partial charge >= 0.3 is 0 Å². The first-order valence-electron chi connectivity index (χ1n) is 7.73. The van der Waals surface area contributed by atoms with Gasteiger partial charge in [-0.25, -0.2) is 0 Å². The molecule has 0 radical (unpaired) electrons. The molecule has 0 heterocycles. The van der Waals surface area contributed by atoms with Gasteiger partial charge in [-0.15, -0.1) is 0 Å². The lowest BCUT2D eigenvalue weighted by Gasteiger charge is -2.32. The molecule has 0 aliphatic heterocycles. The molecule has 112 valence electrons. The van der Waals surface area contributed by atoms with Gasteiger partial charge in [0.1, 0.15) is 5.78 Å². The second-order valence-corrected chi connectivity index (χ2v) is 6.62. The van der Waals surface area contributed by atoms with Gasteiger partial charge in [0.05, 0.1) is 12.7 Å². The zero-order valence-electron chi connectivity index (χ0n) is 13.3. The second kappa shape index (κ2) is 8.01. The number of Topliss-reactive ketones (excluding diaryl/α,β-unsaturated/α-hetero) is 1. The molecular weight excluding hydrogens is 238 g/mol. The third-order valence-corrected chi connectivity index (χ3v) is 4.20. The molecule has 0 bridgehead atoms. The highest BCUT2D eigenvalue weighted by molar-refractivity contribution is 5.81. The Labute approximate surface area is 118 Å². The Kier molecular flexibility index (Phi) is 7.01. The average molecular weight is 269 g/mol. The summed E-state index contributed by atoms with van der Waals surface area (Å²) in [7, 11) is 2.09. The molecule has 0 N–H and O–H groups in total. The normalized spacial score (nSPS) is 24.7. The minimum absolute atomic E-state index is 0.241. The summed E-state index contributed by atoms with van der Waals surface area (Å²) in [5.74, 6) is 2.13. The van der Waals surface area contributed by atoms with Crippen LogP contribution in [0.3, 0.4) is 0 Å². The van der Waals surface area contributed by atoms with Crippen LogP contribution in [-0.2, 0) is 9.53 Å². The molecule has 0 aromatic rings. The molecule has 1 fully saturated rings. The average Bonchev–Trinajstić information content (AvgIpc) is 2.31. The smallest absolute Gasteiger partial charge is 0.137 e. The molecule has 2 unspecified atom stereocenters. The summed E-state index contributed by atoms with van der Waals surface area (Å²) in [6.45, 7) is 11.2. The second-order valence-electron chi connectivity index (χ2n) is 6.62. The molecule has 0 spiro atoms. The van der Waals surface area contributed by atoms with Gasteiger partial charge in [0.15, 0.2) is 0 Å². The Bertz CT molecular complexity index is 276. The Morgan fingerprint density at radius 1 is 1.32 bits per heavy atom. The summed E-state index contributed by atoms with van der Waals surface area (Å²) < 4.78 is 5.56. The fraction of sp³-hybridized carbons (Fsp3) is 0.938.